The van der Waals surface area contributed by atoms with Crippen LogP contribution in [-0.4, -0.2) is 65.6 Å². The Hall–Kier alpha value is -2.31. The summed E-state index contributed by atoms with van der Waals surface area (Å²) in [6.45, 7) is 8.44. The second-order valence-electron chi connectivity index (χ2n) is 12.9. The van der Waals surface area contributed by atoms with Crippen LogP contribution in [0, 0.1) is 23.2 Å². The van der Waals surface area contributed by atoms with Crippen molar-refractivity contribution < 1.29 is 9.59 Å². The molecule has 1 aromatic heterocycles. The van der Waals surface area contributed by atoms with Crippen molar-refractivity contribution >= 4 is 12.1 Å². The van der Waals surface area contributed by atoms with Crippen LogP contribution >= 0.6 is 0 Å². The van der Waals surface area contributed by atoms with Crippen LogP contribution in [0.15, 0.2) is 24.5 Å². The van der Waals surface area contributed by atoms with E-state index in [-0.39, 0.29) is 17.6 Å². The minimum atomic E-state index is -0.282. The van der Waals surface area contributed by atoms with Gasteiger partial charge in [-0.25, -0.2) is 9.59 Å². The highest BCUT2D eigenvalue weighted by Crippen LogP contribution is 2.61. The first kappa shape index (κ1) is 26.7. The van der Waals surface area contributed by atoms with E-state index in [2.05, 4.69) is 15.6 Å². The largest absolute Gasteiger partial charge is 0.338 e. The molecule has 4 saturated carbocycles. The van der Waals surface area contributed by atoms with Crippen molar-refractivity contribution in [2.45, 2.75) is 84.1 Å². The summed E-state index contributed by atoms with van der Waals surface area (Å²) in [5.41, 5.74) is 1.39. The topological polar surface area (TPSA) is 77.6 Å². The highest BCUT2D eigenvalue weighted by Gasteiger charge is 2.50. The predicted octanol–water partition coefficient (Wildman–Crippen LogP) is 5.07. The maximum absolute atomic E-state index is 13.3. The number of pyridine rings is 1. The molecule has 7 heteroatoms. The van der Waals surface area contributed by atoms with Gasteiger partial charge in [0.2, 0.25) is 0 Å². The predicted molar refractivity (Wildman–Crippen MR) is 144 cm³/mol. The number of amides is 4. The fourth-order valence-electron chi connectivity index (χ4n) is 7.22. The summed E-state index contributed by atoms with van der Waals surface area (Å²) in [6, 6.07) is 3.95. The van der Waals surface area contributed by atoms with Crippen molar-refractivity contribution in [2.24, 2.45) is 23.2 Å². The highest BCUT2D eigenvalue weighted by molar-refractivity contribution is 5.75. The zero-order chi connectivity index (χ0) is 25.8. The molecule has 0 radical (unpaired) electrons. The van der Waals surface area contributed by atoms with Crippen LogP contribution in [0.3, 0.4) is 0 Å². The van der Waals surface area contributed by atoms with Crippen LogP contribution < -0.4 is 10.6 Å². The third kappa shape index (κ3) is 7.36. The minimum Gasteiger partial charge on any atom is -0.338 e. The van der Waals surface area contributed by atoms with Gasteiger partial charge >= 0.3 is 12.1 Å². The van der Waals surface area contributed by atoms with Gasteiger partial charge in [0.05, 0.1) is 0 Å². The van der Waals surface area contributed by atoms with E-state index in [1.54, 1.807) is 4.90 Å². The molecule has 1 aromatic rings. The van der Waals surface area contributed by atoms with E-state index < -0.39 is 0 Å². The van der Waals surface area contributed by atoms with Gasteiger partial charge in [-0.2, -0.15) is 0 Å². The fourth-order valence-corrected chi connectivity index (χ4v) is 7.22. The van der Waals surface area contributed by atoms with Crippen LogP contribution in [0.25, 0.3) is 0 Å². The van der Waals surface area contributed by atoms with E-state index in [1.165, 1.54) is 44.1 Å². The normalized spacial score (nSPS) is 26.5. The lowest BCUT2D eigenvalue weighted by Crippen LogP contribution is -2.51. The summed E-state index contributed by atoms with van der Waals surface area (Å²) in [7, 11) is 1.81. The summed E-state index contributed by atoms with van der Waals surface area (Å²) in [5, 5.41) is 6.17. The van der Waals surface area contributed by atoms with Crippen molar-refractivity contribution in [1.29, 1.82) is 0 Å². The van der Waals surface area contributed by atoms with Crippen LogP contribution in [-0.2, 0) is 6.42 Å². The Kier molecular flexibility index (Phi) is 8.46. The Labute approximate surface area is 217 Å². The SMILES string of the molecule is CN(CCN(CCC12CC3CC(CC(C3)C1)C2)C(=O)NCCCc1ccncc1)C(=O)NC(C)(C)C. The van der Waals surface area contributed by atoms with Crippen molar-refractivity contribution in [1.82, 2.24) is 25.4 Å². The van der Waals surface area contributed by atoms with E-state index in [1.807, 2.05) is 57.2 Å². The lowest BCUT2D eigenvalue weighted by molar-refractivity contribution is -0.0596. The van der Waals surface area contributed by atoms with Gasteiger partial charge in [-0.15, -0.1) is 0 Å². The van der Waals surface area contributed by atoms with Crippen LogP contribution in [0.5, 0.6) is 0 Å². The van der Waals surface area contributed by atoms with Gasteiger partial charge in [-0.3, -0.25) is 4.98 Å². The molecule has 0 aliphatic heterocycles. The molecule has 0 unspecified atom stereocenters. The molecule has 4 aliphatic carbocycles. The minimum absolute atomic E-state index is 0.000846. The summed E-state index contributed by atoms with van der Waals surface area (Å²) in [6.07, 6.45) is 14.9. The van der Waals surface area contributed by atoms with Gasteiger partial charge in [0, 0.05) is 51.2 Å². The molecule has 1 heterocycles. The maximum Gasteiger partial charge on any atom is 0.317 e. The van der Waals surface area contributed by atoms with Gasteiger partial charge < -0.3 is 20.4 Å². The highest BCUT2D eigenvalue weighted by atomic mass is 16.2. The molecule has 4 fully saturated rings. The molecule has 200 valence electrons. The number of likely N-dealkylation sites (N-methyl/N-ethyl adjacent to an activating group) is 1. The molecule has 5 rings (SSSR count). The van der Waals surface area contributed by atoms with Gasteiger partial charge in [-0.05, 0) is 119 Å². The number of nitrogens with zero attached hydrogens (tertiary/aromatic N) is 3. The van der Waals surface area contributed by atoms with E-state index in [9.17, 15) is 9.59 Å². The number of aryl methyl sites for hydroxylation is 1. The number of carbonyl (C=O) groups is 2. The zero-order valence-corrected chi connectivity index (χ0v) is 22.9. The molecule has 0 atom stereocenters. The van der Waals surface area contributed by atoms with Crippen molar-refractivity contribution in [2.75, 3.05) is 33.2 Å². The second kappa shape index (κ2) is 11.4. The molecule has 4 amide bonds. The molecule has 36 heavy (non-hydrogen) atoms. The molecular formula is C29H47N5O2. The Bertz CT molecular complexity index is 846. The second-order valence-corrected chi connectivity index (χ2v) is 12.9. The van der Waals surface area contributed by atoms with Crippen molar-refractivity contribution in [3.05, 3.63) is 30.1 Å². The Morgan fingerprint density at radius 1 is 0.972 bits per heavy atom. The van der Waals surface area contributed by atoms with Gasteiger partial charge in [0.25, 0.3) is 0 Å². The first-order valence-corrected chi connectivity index (χ1v) is 14.1. The number of aromatic nitrogens is 1. The zero-order valence-electron chi connectivity index (χ0n) is 22.9. The standard InChI is InChI=1S/C29H47N5O2/c1-28(2,3)32-27(36)33(4)14-15-34(26(35)31-10-5-6-22-7-11-30-12-8-22)13-9-29-19-23-16-24(20-29)18-25(17-23)21-29/h7-8,11-12,23-25H,5-6,9-10,13-21H2,1-4H3,(H,31,35)(H,32,36). The Morgan fingerprint density at radius 2 is 1.58 bits per heavy atom. The summed E-state index contributed by atoms with van der Waals surface area (Å²) in [5.74, 6) is 2.75. The van der Waals surface area contributed by atoms with Crippen LogP contribution in [0.1, 0.15) is 77.7 Å². The molecule has 0 aromatic carbocycles. The third-order valence-electron chi connectivity index (χ3n) is 8.57. The molecule has 4 aliphatic rings. The molecule has 7 nitrogen and oxygen atoms in total. The number of nitrogens with one attached hydrogen (secondary N) is 2. The van der Waals surface area contributed by atoms with Crippen LogP contribution in [0.4, 0.5) is 9.59 Å². The quantitative estimate of drug-likeness (QED) is 0.443. The number of carbonyl (C=O) groups excluding carboxylic acids is 2. The van der Waals surface area contributed by atoms with Crippen molar-refractivity contribution in [3.8, 4) is 0 Å². The lowest BCUT2D eigenvalue weighted by atomic mass is 9.49. The number of urea groups is 2. The number of rotatable bonds is 10. The van der Waals surface area contributed by atoms with E-state index >= 15 is 0 Å². The molecule has 0 saturated heterocycles. The van der Waals surface area contributed by atoms with Gasteiger partial charge in [0.15, 0.2) is 0 Å². The Morgan fingerprint density at radius 3 is 2.17 bits per heavy atom. The first-order valence-electron chi connectivity index (χ1n) is 14.1. The Balaban J connectivity index is 1.31. The monoisotopic (exact) mass is 497 g/mol. The van der Waals surface area contributed by atoms with Gasteiger partial charge in [-0.1, -0.05) is 0 Å². The van der Waals surface area contributed by atoms with E-state index in [4.69, 9.17) is 0 Å². The molecule has 0 spiro atoms. The van der Waals surface area contributed by atoms with Crippen molar-refractivity contribution in [3.63, 3.8) is 0 Å². The smallest absolute Gasteiger partial charge is 0.317 e. The summed E-state index contributed by atoms with van der Waals surface area (Å²) < 4.78 is 0. The van der Waals surface area contributed by atoms with Crippen LogP contribution in [0.2, 0.25) is 0 Å². The average molecular weight is 498 g/mol. The fraction of sp³-hybridized carbons (Fsp3) is 0.759. The molecule has 4 bridgehead atoms. The molecule has 2 N–H and O–H groups in total. The number of hydrogen-bond donors (Lipinski definition) is 2. The third-order valence-corrected chi connectivity index (χ3v) is 8.57. The van der Waals surface area contributed by atoms with Gasteiger partial charge in [0.1, 0.15) is 0 Å². The average Bonchev–Trinajstić information content (AvgIpc) is 2.80. The first-order chi connectivity index (χ1) is 17.1. The lowest BCUT2D eigenvalue weighted by Gasteiger charge is -2.57. The maximum atomic E-state index is 13.3. The number of hydrogen-bond acceptors (Lipinski definition) is 3. The summed E-state index contributed by atoms with van der Waals surface area (Å²) >= 11 is 0. The summed E-state index contributed by atoms with van der Waals surface area (Å²) in [4.78, 5) is 33.6. The van der Waals surface area contributed by atoms with E-state index in [0.29, 0.717) is 25.0 Å². The molecular weight excluding hydrogens is 450 g/mol. The van der Waals surface area contributed by atoms with E-state index in [0.717, 1.165) is 43.6 Å².